The molecule has 1 aromatic heterocycles. The van der Waals surface area contributed by atoms with Crippen LogP contribution >= 0.6 is 0 Å². The van der Waals surface area contributed by atoms with E-state index in [9.17, 15) is 13.6 Å². The zero-order valence-corrected chi connectivity index (χ0v) is 18.7. The van der Waals surface area contributed by atoms with Crippen molar-refractivity contribution in [3.8, 4) is 0 Å². The Kier molecular flexibility index (Phi) is 7.40. The Labute approximate surface area is 187 Å². The maximum Gasteiger partial charge on any atom is 0.220 e. The molecular weight excluding hydrogens is 416 g/mol. The first kappa shape index (κ1) is 23.1. The minimum atomic E-state index is -0.908. The van der Waals surface area contributed by atoms with Crippen LogP contribution in [0, 0.1) is 23.5 Å². The summed E-state index contributed by atoms with van der Waals surface area (Å²) in [4.78, 5) is 13.7. The van der Waals surface area contributed by atoms with E-state index in [4.69, 9.17) is 15.0 Å². The van der Waals surface area contributed by atoms with E-state index in [0.717, 1.165) is 57.1 Å². The van der Waals surface area contributed by atoms with Gasteiger partial charge >= 0.3 is 0 Å². The van der Waals surface area contributed by atoms with Crippen LogP contribution in [0.5, 0.6) is 0 Å². The van der Waals surface area contributed by atoms with Crippen molar-refractivity contribution >= 4 is 16.9 Å². The molecule has 1 aromatic carbocycles. The van der Waals surface area contributed by atoms with E-state index in [-0.39, 0.29) is 17.9 Å². The van der Waals surface area contributed by atoms with E-state index in [1.165, 1.54) is 25.3 Å². The Morgan fingerprint density at radius 1 is 1.19 bits per heavy atom. The molecule has 1 aliphatic carbocycles. The summed E-state index contributed by atoms with van der Waals surface area (Å²) in [5, 5.41) is 4.71. The fraction of sp³-hybridized carbons (Fsp3) is 0.667. The Morgan fingerprint density at radius 3 is 2.53 bits per heavy atom. The highest BCUT2D eigenvalue weighted by molar-refractivity contribution is 5.80. The topological polar surface area (TPSA) is 81.6 Å². The Bertz CT molecular complexity index is 919. The number of carbonyl (C=O) groups excluding carboxylic acids is 1. The predicted octanol–water partition coefficient (Wildman–Crippen LogP) is 4.37. The van der Waals surface area contributed by atoms with Crippen LogP contribution in [0.4, 0.5) is 8.78 Å². The number of primary amides is 1. The second-order valence-electron chi connectivity index (χ2n) is 9.46. The van der Waals surface area contributed by atoms with Gasteiger partial charge in [0.2, 0.25) is 5.91 Å². The van der Waals surface area contributed by atoms with E-state index >= 15 is 0 Å². The Balaban J connectivity index is 1.22. The number of nitrogens with zero attached hydrogens (tertiary/aromatic N) is 2. The van der Waals surface area contributed by atoms with Crippen molar-refractivity contribution in [1.82, 2.24) is 10.1 Å². The minimum Gasteiger partial charge on any atom is -0.381 e. The van der Waals surface area contributed by atoms with E-state index in [1.54, 1.807) is 7.11 Å². The van der Waals surface area contributed by atoms with Crippen LogP contribution in [-0.4, -0.2) is 48.8 Å². The maximum absolute atomic E-state index is 13.7. The summed E-state index contributed by atoms with van der Waals surface area (Å²) in [6, 6.07) is 2.28. The molecule has 4 rings (SSSR count). The molecule has 32 heavy (non-hydrogen) atoms. The summed E-state index contributed by atoms with van der Waals surface area (Å²) in [6.45, 7) is 3.03. The minimum absolute atomic E-state index is 0.0509. The number of aromatic nitrogens is 1. The van der Waals surface area contributed by atoms with Gasteiger partial charge in [0.25, 0.3) is 0 Å². The fourth-order valence-corrected chi connectivity index (χ4v) is 5.53. The highest BCUT2D eigenvalue weighted by Crippen LogP contribution is 2.36. The highest BCUT2D eigenvalue weighted by Gasteiger charge is 2.30. The molecule has 1 saturated heterocycles. The van der Waals surface area contributed by atoms with Gasteiger partial charge in [-0.1, -0.05) is 18.0 Å². The Morgan fingerprint density at radius 2 is 1.88 bits per heavy atom. The third-order valence-corrected chi connectivity index (χ3v) is 7.49. The molecule has 0 spiro atoms. The molecule has 1 aliphatic heterocycles. The van der Waals surface area contributed by atoms with Gasteiger partial charge < -0.3 is 19.9 Å². The summed E-state index contributed by atoms with van der Waals surface area (Å²) < 4.78 is 37.9. The normalized spacial score (nSPS) is 24.1. The molecule has 2 heterocycles. The number of ether oxygens (including phenoxy) is 1. The molecule has 2 fully saturated rings. The molecular formula is C24H33F2N3O3. The van der Waals surface area contributed by atoms with E-state index in [2.05, 4.69) is 10.1 Å². The monoisotopic (exact) mass is 449 g/mol. The van der Waals surface area contributed by atoms with Gasteiger partial charge in [-0.15, -0.1) is 0 Å². The quantitative estimate of drug-likeness (QED) is 0.647. The number of amides is 1. The third kappa shape index (κ3) is 5.29. The van der Waals surface area contributed by atoms with Crippen molar-refractivity contribution in [2.45, 2.75) is 63.4 Å². The van der Waals surface area contributed by atoms with Crippen molar-refractivity contribution < 1.29 is 22.8 Å². The number of rotatable bonds is 8. The van der Waals surface area contributed by atoms with Crippen LogP contribution in [0.2, 0.25) is 0 Å². The molecule has 2 aliphatic rings. The molecule has 0 radical (unpaired) electrons. The maximum atomic E-state index is 13.7. The lowest BCUT2D eigenvalue weighted by Gasteiger charge is -2.35. The van der Waals surface area contributed by atoms with Crippen molar-refractivity contribution in [1.29, 1.82) is 0 Å². The van der Waals surface area contributed by atoms with Crippen LogP contribution in [0.3, 0.4) is 0 Å². The number of nitrogens with two attached hydrogens (primary N) is 1. The second-order valence-corrected chi connectivity index (χ2v) is 9.46. The lowest BCUT2D eigenvalue weighted by atomic mass is 9.77. The van der Waals surface area contributed by atoms with Gasteiger partial charge in [0, 0.05) is 24.5 Å². The zero-order chi connectivity index (χ0) is 22.7. The van der Waals surface area contributed by atoms with Gasteiger partial charge in [-0.2, -0.15) is 0 Å². The number of carbonyl (C=O) groups is 1. The van der Waals surface area contributed by atoms with Crippen molar-refractivity contribution in [2.75, 3.05) is 26.7 Å². The molecule has 8 heteroatoms. The van der Waals surface area contributed by atoms with Gasteiger partial charge in [0.1, 0.15) is 0 Å². The van der Waals surface area contributed by atoms with Gasteiger partial charge in [-0.05, 0) is 69.6 Å². The van der Waals surface area contributed by atoms with Gasteiger partial charge in [-0.3, -0.25) is 4.79 Å². The van der Waals surface area contributed by atoms with Crippen LogP contribution < -0.4 is 5.73 Å². The number of halogens is 2. The first-order valence-corrected chi connectivity index (χ1v) is 11.7. The number of methoxy groups -OCH3 is 1. The summed E-state index contributed by atoms with van der Waals surface area (Å²) >= 11 is 0. The highest BCUT2D eigenvalue weighted by atomic mass is 19.2. The second kappa shape index (κ2) is 10.3. The number of benzene rings is 1. The standard InChI is InChI=1S/C24H33F2N3O3/c1-31-21(14-23(27)30)16-4-2-15(3-5-16)6-9-29-10-7-17(8-11-29)24-18-12-19(25)20(26)13-22(18)32-28-24/h12-13,15-17,21H,2-11,14H2,1H3,(H2,27,30). The van der Waals surface area contributed by atoms with Crippen LogP contribution in [-0.2, 0) is 9.53 Å². The van der Waals surface area contributed by atoms with E-state index in [1.807, 2.05) is 0 Å². The number of piperidine rings is 1. The number of hydrogen-bond donors (Lipinski definition) is 1. The summed E-state index contributed by atoms with van der Waals surface area (Å²) in [5.74, 6) is -0.708. The molecule has 1 atom stereocenters. The largest absolute Gasteiger partial charge is 0.381 e. The SMILES string of the molecule is COC(CC(N)=O)C1CCC(CCN2CCC(c3noc4cc(F)c(F)cc34)CC2)CC1. The van der Waals surface area contributed by atoms with E-state index < -0.39 is 11.6 Å². The molecule has 1 saturated carbocycles. The first-order chi connectivity index (χ1) is 15.4. The van der Waals surface area contributed by atoms with Gasteiger partial charge in [0.05, 0.1) is 18.2 Å². The van der Waals surface area contributed by atoms with Crippen LogP contribution in [0.1, 0.15) is 63.0 Å². The Hall–Kier alpha value is -2.06. The van der Waals surface area contributed by atoms with Gasteiger partial charge in [0.15, 0.2) is 17.2 Å². The van der Waals surface area contributed by atoms with Crippen LogP contribution in [0.15, 0.2) is 16.7 Å². The summed E-state index contributed by atoms with van der Waals surface area (Å²) in [7, 11) is 1.67. The third-order valence-electron chi connectivity index (χ3n) is 7.49. The number of hydrogen-bond acceptors (Lipinski definition) is 5. The molecule has 1 amide bonds. The predicted molar refractivity (Wildman–Crippen MR) is 117 cm³/mol. The van der Waals surface area contributed by atoms with Crippen molar-refractivity contribution in [3.05, 3.63) is 29.5 Å². The van der Waals surface area contributed by atoms with Gasteiger partial charge in [-0.25, -0.2) is 8.78 Å². The van der Waals surface area contributed by atoms with E-state index in [0.29, 0.717) is 29.2 Å². The average molecular weight is 450 g/mol. The molecule has 0 bridgehead atoms. The summed E-state index contributed by atoms with van der Waals surface area (Å²) in [6.07, 6.45) is 7.85. The van der Waals surface area contributed by atoms with Crippen molar-refractivity contribution in [3.63, 3.8) is 0 Å². The molecule has 6 nitrogen and oxygen atoms in total. The molecule has 176 valence electrons. The molecule has 2 aromatic rings. The average Bonchev–Trinajstić information content (AvgIpc) is 3.19. The lowest BCUT2D eigenvalue weighted by molar-refractivity contribution is -0.121. The first-order valence-electron chi connectivity index (χ1n) is 11.7. The number of fused-ring (bicyclic) bond motifs is 1. The fourth-order valence-electron chi connectivity index (χ4n) is 5.53. The lowest BCUT2D eigenvalue weighted by Crippen LogP contribution is -2.35. The smallest absolute Gasteiger partial charge is 0.220 e. The summed E-state index contributed by atoms with van der Waals surface area (Å²) in [5.41, 5.74) is 6.41. The molecule has 2 N–H and O–H groups in total. The zero-order valence-electron chi connectivity index (χ0n) is 18.7. The number of likely N-dealkylation sites (tertiary alicyclic amines) is 1. The van der Waals surface area contributed by atoms with Crippen molar-refractivity contribution in [2.24, 2.45) is 17.6 Å². The molecule has 1 unspecified atom stereocenters. The van der Waals surface area contributed by atoms with Crippen LogP contribution in [0.25, 0.3) is 11.0 Å².